The van der Waals surface area contributed by atoms with E-state index in [1.54, 1.807) is 4.57 Å². The van der Waals surface area contributed by atoms with Gasteiger partial charge < -0.3 is 4.90 Å². The second kappa shape index (κ2) is 4.74. The average molecular weight is 313 g/mol. The van der Waals surface area contributed by atoms with Gasteiger partial charge in [-0.1, -0.05) is 41.9 Å². The first-order valence-corrected chi connectivity index (χ1v) is 7.29. The molecule has 1 atom stereocenters. The molecule has 4 rings (SSSR count). The van der Waals surface area contributed by atoms with E-state index in [0.29, 0.717) is 11.0 Å². The van der Waals surface area contributed by atoms with Crippen molar-refractivity contribution in [2.75, 3.05) is 11.9 Å². The topological polar surface area (TPSA) is 53.9 Å². The van der Waals surface area contributed by atoms with E-state index in [4.69, 9.17) is 11.6 Å². The van der Waals surface area contributed by atoms with Gasteiger partial charge in [-0.05, 0) is 23.8 Å². The smallest absolute Gasteiger partial charge is 0.313 e. The molecule has 0 amide bonds. The Morgan fingerprint density at radius 1 is 1.18 bits per heavy atom. The number of aromatic nitrogens is 3. The van der Waals surface area contributed by atoms with E-state index in [1.165, 1.54) is 0 Å². The highest BCUT2D eigenvalue weighted by Crippen LogP contribution is 2.41. The standard InChI is InChI=1S/C16H13ClN4O/c1-20-13-8-7-11(17)9-12(13)14(10-5-3-2-4-6-10)21-15(20)18-19-16(21)22/h2-9,14H,1H3,(H,19,22). The zero-order chi connectivity index (χ0) is 15.3. The van der Waals surface area contributed by atoms with Gasteiger partial charge in [0.2, 0.25) is 5.95 Å². The van der Waals surface area contributed by atoms with Crippen LogP contribution in [0.5, 0.6) is 0 Å². The highest BCUT2D eigenvalue weighted by Gasteiger charge is 2.32. The summed E-state index contributed by atoms with van der Waals surface area (Å²) in [4.78, 5) is 14.2. The molecule has 0 aliphatic carbocycles. The molecule has 1 aliphatic rings. The Labute approximate surface area is 131 Å². The third-order valence-electron chi connectivity index (χ3n) is 4.00. The molecule has 0 saturated heterocycles. The van der Waals surface area contributed by atoms with Crippen LogP contribution in [0.2, 0.25) is 5.02 Å². The fourth-order valence-electron chi connectivity index (χ4n) is 3.03. The summed E-state index contributed by atoms with van der Waals surface area (Å²) in [6.45, 7) is 0. The van der Waals surface area contributed by atoms with E-state index in [1.807, 2.05) is 60.5 Å². The predicted octanol–water partition coefficient (Wildman–Crippen LogP) is 2.94. The van der Waals surface area contributed by atoms with E-state index in [2.05, 4.69) is 10.2 Å². The molecule has 1 unspecified atom stereocenters. The number of hydrogen-bond acceptors (Lipinski definition) is 3. The van der Waals surface area contributed by atoms with Crippen LogP contribution < -0.4 is 10.6 Å². The van der Waals surface area contributed by atoms with Crippen molar-refractivity contribution in [3.63, 3.8) is 0 Å². The molecule has 1 aromatic heterocycles. The van der Waals surface area contributed by atoms with E-state index in [9.17, 15) is 4.79 Å². The Balaban J connectivity index is 2.05. The van der Waals surface area contributed by atoms with Gasteiger partial charge in [0, 0.05) is 23.3 Å². The third-order valence-corrected chi connectivity index (χ3v) is 4.24. The number of benzene rings is 2. The van der Waals surface area contributed by atoms with E-state index >= 15 is 0 Å². The van der Waals surface area contributed by atoms with Crippen LogP contribution in [0.1, 0.15) is 17.2 Å². The van der Waals surface area contributed by atoms with Gasteiger partial charge in [0.05, 0.1) is 6.04 Å². The van der Waals surface area contributed by atoms with Gasteiger partial charge in [-0.2, -0.15) is 0 Å². The predicted molar refractivity (Wildman–Crippen MR) is 86.0 cm³/mol. The van der Waals surface area contributed by atoms with Gasteiger partial charge in [0.15, 0.2) is 0 Å². The fourth-order valence-corrected chi connectivity index (χ4v) is 3.21. The monoisotopic (exact) mass is 312 g/mol. The lowest BCUT2D eigenvalue weighted by Crippen LogP contribution is -2.32. The maximum Gasteiger partial charge on any atom is 0.345 e. The molecule has 0 bridgehead atoms. The van der Waals surface area contributed by atoms with Crippen molar-refractivity contribution in [2.24, 2.45) is 0 Å². The lowest BCUT2D eigenvalue weighted by atomic mass is 9.95. The van der Waals surface area contributed by atoms with E-state index in [-0.39, 0.29) is 11.7 Å². The van der Waals surface area contributed by atoms with Crippen molar-refractivity contribution < 1.29 is 0 Å². The second-order valence-corrected chi connectivity index (χ2v) is 5.71. The molecule has 1 aliphatic heterocycles. The van der Waals surface area contributed by atoms with Crippen molar-refractivity contribution >= 4 is 23.2 Å². The van der Waals surface area contributed by atoms with Crippen LogP contribution >= 0.6 is 11.6 Å². The molecule has 0 radical (unpaired) electrons. The largest absolute Gasteiger partial charge is 0.345 e. The Bertz CT molecular complexity index is 900. The number of H-pyrrole nitrogens is 1. The minimum absolute atomic E-state index is 0.235. The minimum Gasteiger partial charge on any atom is -0.313 e. The van der Waals surface area contributed by atoms with E-state index in [0.717, 1.165) is 16.8 Å². The summed E-state index contributed by atoms with van der Waals surface area (Å²) < 4.78 is 1.66. The number of rotatable bonds is 1. The van der Waals surface area contributed by atoms with Gasteiger partial charge in [0.1, 0.15) is 0 Å². The number of anilines is 2. The van der Waals surface area contributed by atoms with Crippen molar-refractivity contribution in [3.05, 3.63) is 75.2 Å². The number of nitrogens with zero attached hydrogens (tertiary/aromatic N) is 3. The van der Waals surface area contributed by atoms with Gasteiger partial charge in [-0.25, -0.2) is 14.5 Å². The second-order valence-electron chi connectivity index (χ2n) is 5.27. The highest BCUT2D eigenvalue weighted by atomic mass is 35.5. The molecular weight excluding hydrogens is 300 g/mol. The van der Waals surface area contributed by atoms with Gasteiger partial charge in [0.25, 0.3) is 0 Å². The van der Waals surface area contributed by atoms with Gasteiger partial charge in [-0.15, -0.1) is 5.10 Å². The summed E-state index contributed by atoms with van der Waals surface area (Å²) in [6, 6.07) is 15.4. The van der Waals surface area contributed by atoms with E-state index < -0.39 is 0 Å². The van der Waals surface area contributed by atoms with Gasteiger partial charge in [-0.3, -0.25) is 0 Å². The SMILES string of the molecule is CN1c2ccc(Cl)cc2C(c2ccccc2)n2c1n[nH]c2=O. The molecule has 1 N–H and O–H groups in total. The maximum atomic E-state index is 12.3. The Kier molecular flexibility index (Phi) is 2.84. The molecular formula is C16H13ClN4O. The molecule has 6 heteroatoms. The van der Waals surface area contributed by atoms with Crippen molar-refractivity contribution in [1.82, 2.24) is 14.8 Å². The zero-order valence-electron chi connectivity index (χ0n) is 11.8. The molecule has 110 valence electrons. The van der Waals surface area contributed by atoms with Crippen LogP contribution in [-0.4, -0.2) is 21.8 Å². The molecule has 0 fully saturated rings. The Morgan fingerprint density at radius 3 is 2.73 bits per heavy atom. The number of fused-ring (bicyclic) bond motifs is 2. The maximum absolute atomic E-state index is 12.3. The summed E-state index contributed by atoms with van der Waals surface area (Å²) in [5, 5.41) is 7.34. The first kappa shape index (κ1) is 13.2. The first-order valence-electron chi connectivity index (χ1n) is 6.92. The van der Waals surface area contributed by atoms with Crippen molar-refractivity contribution in [1.29, 1.82) is 0 Å². The molecule has 5 nitrogen and oxygen atoms in total. The van der Waals surface area contributed by atoms with Gasteiger partial charge >= 0.3 is 5.69 Å². The molecule has 22 heavy (non-hydrogen) atoms. The quantitative estimate of drug-likeness (QED) is 0.751. The van der Waals surface area contributed by atoms with Crippen LogP contribution in [0.3, 0.4) is 0 Å². The lowest BCUT2D eigenvalue weighted by molar-refractivity contribution is 0.633. The molecule has 2 aromatic carbocycles. The van der Waals surface area contributed by atoms with Crippen molar-refractivity contribution in [3.8, 4) is 0 Å². The minimum atomic E-state index is -0.243. The summed E-state index contributed by atoms with van der Waals surface area (Å²) >= 11 is 6.19. The third kappa shape index (κ3) is 1.79. The van der Waals surface area contributed by atoms with Crippen LogP contribution in [0.4, 0.5) is 11.6 Å². The zero-order valence-corrected chi connectivity index (χ0v) is 12.6. The normalized spacial score (nSPS) is 16.3. The fraction of sp³-hybridized carbons (Fsp3) is 0.125. The number of nitrogens with one attached hydrogen (secondary N) is 1. The molecule has 0 spiro atoms. The van der Waals surface area contributed by atoms with Crippen LogP contribution in [-0.2, 0) is 0 Å². The van der Waals surface area contributed by atoms with Crippen LogP contribution in [0, 0.1) is 0 Å². The molecule has 2 heterocycles. The Hall–Kier alpha value is -2.53. The number of aromatic amines is 1. The molecule has 3 aromatic rings. The number of halogens is 1. The highest BCUT2D eigenvalue weighted by molar-refractivity contribution is 6.30. The van der Waals surface area contributed by atoms with Crippen molar-refractivity contribution in [2.45, 2.75) is 6.04 Å². The summed E-state index contributed by atoms with van der Waals surface area (Å²) in [5.41, 5.74) is 2.76. The summed E-state index contributed by atoms with van der Waals surface area (Å²) in [7, 11) is 1.89. The summed E-state index contributed by atoms with van der Waals surface area (Å²) in [6.07, 6.45) is 0. The first-order chi connectivity index (χ1) is 10.7. The molecule has 0 saturated carbocycles. The average Bonchev–Trinajstić information content (AvgIpc) is 2.91. The van der Waals surface area contributed by atoms with Crippen LogP contribution in [0.25, 0.3) is 0 Å². The van der Waals surface area contributed by atoms with Crippen LogP contribution in [0.15, 0.2) is 53.3 Å². The number of hydrogen-bond donors (Lipinski definition) is 1. The summed E-state index contributed by atoms with van der Waals surface area (Å²) in [5.74, 6) is 0.591. The lowest BCUT2D eigenvalue weighted by Gasteiger charge is -2.33. The Morgan fingerprint density at radius 2 is 1.95 bits per heavy atom.